The van der Waals surface area contributed by atoms with E-state index in [0.717, 1.165) is 69.3 Å². The zero-order valence-corrected chi connectivity index (χ0v) is 22.4. The van der Waals surface area contributed by atoms with Gasteiger partial charge in [0.15, 0.2) is 0 Å². The summed E-state index contributed by atoms with van der Waals surface area (Å²) >= 11 is 0. The molecule has 2 aliphatic heterocycles. The van der Waals surface area contributed by atoms with Crippen LogP contribution in [0.5, 0.6) is 0 Å². The average molecular weight is 532 g/mol. The molecular weight excluding hydrogens is 483 g/mol. The van der Waals surface area contributed by atoms with Crippen molar-refractivity contribution in [3.63, 3.8) is 0 Å². The smallest absolute Gasteiger partial charge is 0.251 e. The monoisotopic (exact) mass is 531 g/mol. The van der Waals surface area contributed by atoms with E-state index in [9.17, 15) is 13.2 Å². The number of benzene rings is 1. The predicted octanol–water partition coefficient (Wildman–Crippen LogP) is 8.93. The third-order valence-corrected chi connectivity index (χ3v) is 7.32. The molecule has 1 aromatic rings. The summed E-state index contributed by atoms with van der Waals surface area (Å²) in [5.74, 6) is -2.85. The van der Waals surface area contributed by atoms with Crippen LogP contribution in [0.1, 0.15) is 103 Å². The van der Waals surface area contributed by atoms with Crippen molar-refractivity contribution in [1.82, 2.24) is 4.90 Å². The number of hydrogen-bond donors (Lipinski definition) is 1. The Hall–Kier alpha value is -2.34. The molecule has 1 unspecified atom stereocenters. The Morgan fingerprint density at radius 1 is 1.08 bits per heavy atom. The first-order valence-electron chi connectivity index (χ1n) is 14.1. The molecule has 3 nitrogen and oxygen atoms in total. The van der Waals surface area contributed by atoms with Gasteiger partial charge in [0.25, 0.3) is 5.92 Å². The topological polar surface area (TPSA) is 41.6 Å². The maximum Gasteiger partial charge on any atom is 0.251 e. The molecular formula is C32H48F3N3. The number of aliphatic imine (C=N–C) groups is 1. The van der Waals surface area contributed by atoms with Crippen molar-refractivity contribution in [2.45, 2.75) is 103 Å². The standard InChI is InChI=1S/C18H22F3N.C13H22N2.CH4/c19-16-7-3-6-15(12-16)17(22-9-1-2-10-22)11-14-5-4-8-18(20,21)13-14;1-2-3-4-7-13-9-8-12(11-14)6-5-10-15-13;/h3,6-7,11-12,17H,1-2,4-5,8-10,13H2;8-9,11H,2-7,10,14H2,1H3;1H4/b14-11+;9-8-,12-11+,15-13?;. The van der Waals surface area contributed by atoms with Crippen LogP contribution in [0.15, 0.2) is 64.8 Å². The van der Waals surface area contributed by atoms with Gasteiger partial charge in [0.2, 0.25) is 0 Å². The molecule has 6 heteroatoms. The van der Waals surface area contributed by atoms with E-state index in [2.05, 4.69) is 29.0 Å². The van der Waals surface area contributed by atoms with Gasteiger partial charge in [-0.1, -0.05) is 57.0 Å². The maximum absolute atomic E-state index is 13.6. The van der Waals surface area contributed by atoms with Crippen LogP contribution < -0.4 is 5.73 Å². The van der Waals surface area contributed by atoms with Gasteiger partial charge in [-0.15, -0.1) is 0 Å². The molecule has 4 rings (SSSR count). The highest BCUT2D eigenvalue weighted by molar-refractivity contribution is 5.95. The molecule has 1 saturated carbocycles. The van der Waals surface area contributed by atoms with E-state index in [1.807, 2.05) is 12.1 Å². The van der Waals surface area contributed by atoms with Crippen molar-refractivity contribution < 1.29 is 13.2 Å². The minimum absolute atomic E-state index is 0. The second-order valence-corrected chi connectivity index (χ2v) is 10.5. The lowest BCUT2D eigenvalue weighted by Gasteiger charge is -2.29. The van der Waals surface area contributed by atoms with E-state index in [0.29, 0.717) is 6.42 Å². The Bertz CT molecular complexity index is 958. The molecule has 212 valence electrons. The van der Waals surface area contributed by atoms with Crippen molar-refractivity contribution in [2.75, 3.05) is 19.6 Å². The first-order valence-corrected chi connectivity index (χ1v) is 14.1. The van der Waals surface area contributed by atoms with Gasteiger partial charge < -0.3 is 5.73 Å². The summed E-state index contributed by atoms with van der Waals surface area (Å²) in [5, 5.41) is 0. The van der Waals surface area contributed by atoms with Gasteiger partial charge >= 0.3 is 0 Å². The lowest BCUT2D eigenvalue weighted by atomic mass is 9.89. The summed E-state index contributed by atoms with van der Waals surface area (Å²) in [6.45, 7) is 5.07. The normalized spacial score (nSPS) is 23.4. The zero-order chi connectivity index (χ0) is 26.5. The predicted molar refractivity (Wildman–Crippen MR) is 155 cm³/mol. The number of halogens is 3. The molecule has 0 radical (unpaired) electrons. The highest BCUT2D eigenvalue weighted by atomic mass is 19.3. The summed E-state index contributed by atoms with van der Waals surface area (Å²) in [4.78, 5) is 6.86. The lowest BCUT2D eigenvalue weighted by Crippen LogP contribution is -2.26. The Kier molecular flexibility index (Phi) is 13.9. The van der Waals surface area contributed by atoms with E-state index in [1.165, 1.54) is 42.7 Å². The van der Waals surface area contributed by atoms with Crippen LogP contribution in [0.3, 0.4) is 0 Å². The molecule has 1 atom stereocenters. The summed E-state index contributed by atoms with van der Waals surface area (Å²) in [6, 6.07) is 6.46. The van der Waals surface area contributed by atoms with Crippen molar-refractivity contribution in [2.24, 2.45) is 10.7 Å². The summed E-state index contributed by atoms with van der Waals surface area (Å²) < 4.78 is 40.8. The van der Waals surface area contributed by atoms with Gasteiger partial charge in [-0.3, -0.25) is 9.89 Å². The molecule has 1 aliphatic carbocycles. The van der Waals surface area contributed by atoms with E-state index in [-0.39, 0.29) is 32.1 Å². The second-order valence-electron chi connectivity index (χ2n) is 10.5. The number of unbranched alkanes of at least 4 members (excludes halogenated alkanes) is 2. The number of likely N-dealkylation sites (tertiary alicyclic amines) is 1. The summed E-state index contributed by atoms with van der Waals surface area (Å²) in [5.41, 5.74) is 9.69. The molecule has 2 N–H and O–H groups in total. The maximum atomic E-state index is 13.6. The highest BCUT2D eigenvalue weighted by Crippen LogP contribution is 2.38. The Morgan fingerprint density at radius 3 is 2.55 bits per heavy atom. The molecule has 0 spiro atoms. The van der Waals surface area contributed by atoms with Gasteiger partial charge in [0.05, 0.1) is 6.04 Å². The van der Waals surface area contributed by atoms with E-state index in [1.54, 1.807) is 12.3 Å². The molecule has 2 fully saturated rings. The van der Waals surface area contributed by atoms with E-state index in [4.69, 9.17) is 5.73 Å². The quantitative estimate of drug-likeness (QED) is 0.282. The van der Waals surface area contributed by atoms with Crippen LogP contribution >= 0.6 is 0 Å². The number of rotatable bonds is 7. The largest absolute Gasteiger partial charge is 0.404 e. The molecule has 0 aromatic heterocycles. The van der Waals surface area contributed by atoms with E-state index < -0.39 is 5.92 Å². The third kappa shape index (κ3) is 10.8. The number of alkyl halides is 2. The number of nitrogens with two attached hydrogens (primary N) is 1. The van der Waals surface area contributed by atoms with Crippen molar-refractivity contribution in [3.05, 3.63) is 71.2 Å². The van der Waals surface area contributed by atoms with Crippen molar-refractivity contribution in [1.29, 1.82) is 0 Å². The van der Waals surface area contributed by atoms with Crippen LogP contribution in [0.2, 0.25) is 0 Å². The number of allylic oxidation sites excluding steroid dienone is 4. The fraction of sp³-hybridized carbons (Fsp3) is 0.594. The van der Waals surface area contributed by atoms with Crippen LogP contribution in [-0.4, -0.2) is 36.2 Å². The minimum Gasteiger partial charge on any atom is -0.404 e. The first kappa shape index (κ1) is 31.9. The van der Waals surface area contributed by atoms with Crippen LogP contribution in [0, 0.1) is 5.82 Å². The fourth-order valence-corrected chi connectivity index (χ4v) is 5.27. The molecule has 1 saturated heterocycles. The van der Waals surface area contributed by atoms with Gasteiger partial charge in [0, 0.05) is 25.1 Å². The van der Waals surface area contributed by atoms with Gasteiger partial charge in [-0.05, 0) is 100 Å². The molecule has 2 heterocycles. The third-order valence-electron chi connectivity index (χ3n) is 7.32. The molecule has 0 bridgehead atoms. The first-order chi connectivity index (χ1) is 17.9. The number of nitrogens with zero attached hydrogens (tertiary/aromatic N) is 2. The van der Waals surface area contributed by atoms with Crippen LogP contribution in [-0.2, 0) is 0 Å². The van der Waals surface area contributed by atoms with Gasteiger partial charge in [-0.2, -0.15) is 0 Å². The molecule has 3 aliphatic rings. The molecule has 38 heavy (non-hydrogen) atoms. The van der Waals surface area contributed by atoms with E-state index >= 15 is 0 Å². The van der Waals surface area contributed by atoms with Crippen molar-refractivity contribution in [3.8, 4) is 0 Å². The summed E-state index contributed by atoms with van der Waals surface area (Å²) in [6.07, 6.45) is 18.4. The highest BCUT2D eigenvalue weighted by Gasteiger charge is 2.34. The lowest BCUT2D eigenvalue weighted by molar-refractivity contribution is -0.0189. The second kappa shape index (κ2) is 16.6. The Morgan fingerprint density at radius 2 is 1.87 bits per heavy atom. The molecule has 1 aromatic carbocycles. The SMILES string of the molecule is C.CCCCCC1=NCCCC(=C\N)/C=C\1.Fc1cccc(C(/C=C2\CCCC(F)(F)C2)N2CCCC2)c1. The molecule has 0 amide bonds. The van der Waals surface area contributed by atoms with Crippen molar-refractivity contribution >= 4 is 5.71 Å². The van der Waals surface area contributed by atoms with Crippen LogP contribution in [0.25, 0.3) is 0 Å². The van der Waals surface area contributed by atoms with Crippen LogP contribution in [0.4, 0.5) is 13.2 Å². The van der Waals surface area contributed by atoms with Gasteiger partial charge in [0.1, 0.15) is 5.82 Å². The average Bonchev–Trinajstić information content (AvgIpc) is 3.39. The fourth-order valence-electron chi connectivity index (χ4n) is 5.27. The Labute approximate surface area is 228 Å². The summed E-state index contributed by atoms with van der Waals surface area (Å²) in [7, 11) is 0. The minimum atomic E-state index is -2.58. The zero-order valence-electron chi connectivity index (χ0n) is 22.4. The number of hydrogen-bond acceptors (Lipinski definition) is 3. The Balaban J connectivity index is 0.000000280. The van der Waals surface area contributed by atoms with Gasteiger partial charge in [-0.25, -0.2) is 13.2 Å².